The summed E-state index contributed by atoms with van der Waals surface area (Å²) in [5.41, 5.74) is 3.53. The van der Waals surface area contributed by atoms with Gasteiger partial charge in [0.2, 0.25) is 0 Å². The zero-order valence-electron chi connectivity index (χ0n) is 15.8. The fourth-order valence-corrected chi connectivity index (χ4v) is 4.40. The first kappa shape index (κ1) is 21.4. The maximum atomic E-state index is 11.0. The Balaban J connectivity index is 1.72. The van der Waals surface area contributed by atoms with E-state index < -0.39 is 10.1 Å². The van der Waals surface area contributed by atoms with Crippen LogP contribution in [0.2, 0.25) is 10.0 Å². The van der Waals surface area contributed by atoms with Gasteiger partial charge in [0, 0.05) is 35.5 Å². The second kappa shape index (κ2) is 9.01. The smallest absolute Gasteiger partial charge is 0.264 e. The van der Waals surface area contributed by atoms with Crippen LogP contribution < -0.4 is 4.74 Å². The SMILES string of the molecule is CN1Cc2cc(OCCCOS(C)(=O)=O)ccc2C(c2cc(Cl)cc(Cl)c2)C1. The van der Waals surface area contributed by atoms with E-state index >= 15 is 0 Å². The molecule has 152 valence electrons. The number of fused-ring (bicyclic) bond motifs is 1. The fraction of sp³-hybridized carbons (Fsp3) is 0.400. The van der Waals surface area contributed by atoms with Gasteiger partial charge in [-0.1, -0.05) is 29.3 Å². The first-order valence-electron chi connectivity index (χ1n) is 8.96. The van der Waals surface area contributed by atoms with Crippen molar-refractivity contribution in [1.29, 1.82) is 0 Å². The lowest BCUT2D eigenvalue weighted by atomic mass is 9.85. The lowest BCUT2D eigenvalue weighted by molar-refractivity contribution is 0.250. The summed E-state index contributed by atoms with van der Waals surface area (Å²) in [6, 6.07) is 11.7. The van der Waals surface area contributed by atoms with Crippen LogP contribution >= 0.6 is 23.2 Å². The van der Waals surface area contributed by atoms with Gasteiger partial charge in [-0.2, -0.15) is 8.42 Å². The van der Waals surface area contributed by atoms with Gasteiger partial charge in [-0.25, -0.2) is 0 Å². The molecule has 1 unspecified atom stereocenters. The summed E-state index contributed by atoms with van der Waals surface area (Å²) in [7, 11) is -1.32. The molecule has 3 rings (SSSR count). The zero-order chi connectivity index (χ0) is 20.3. The average molecular weight is 444 g/mol. The van der Waals surface area contributed by atoms with E-state index in [0.29, 0.717) is 23.1 Å². The van der Waals surface area contributed by atoms with Gasteiger partial charge in [0.1, 0.15) is 5.75 Å². The maximum absolute atomic E-state index is 11.0. The van der Waals surface area contributed by atoms with Crippen LogP contribution in [0, 0.1) is 0 Å². The van der Waals surface area contributed by atoms with Gasteiger partial charge in [-0.05, 0) is 54.1 Å². The van der Waals surface area contributed by atoms with Crippen LogP contribution in [0.3, 0.4) is 0 Å². The molecule has 0 saturated carbocycles. The molecule has 0 fully saturated rings. The van der Waals surface area contributed by atoms with Crippen molar-refractivity contribution >= 4 is 33.3 Å². The van der Waals surface area contributed by atoms with E-state index in [1.807, 2.05) is 24.3 Å². The minimum atomic E-state index is -3.41. The highest BCUT2D eigenvalue weighted by Gasteiger charge is 2.25. The molecule has 0 spiro atoms. The van der Waals surface area contributed by atoms with Gasteiger partial charge in [-0.3, -0.25) is 4.18 Å². The van der Waals surface area contributed by atoms with Crippen molar-refractivity contribution in [3.05, 3.63) is 63.1 Å². The van der Waals surface area contributed by atoms with Gasteiger partial charge >= 0.3 is 0 Å². The van der Waals surface area contributed by atoms with E-state index in [-0.39, 0.29) is 12.5 Å². The molecule has 8 heteroatoms. The minimum absolute atomic E-state index is 0.115. The van der Waals surface area contributed by atoms with E-state index in [2.05, 4.69) is 18.0 Å². The molecule has 0 radical (unpaired) electrons. The Morgan fingerprint density at radius 2 is 1.82 bits per heavy atom. The fourth-order valence-electron chi connectivity index (χ4n) is 3.43. The molecule has 1 heterocycles. The van der Waals surface area contributed by atoms with Crippen LogP contribution in [0.4, 0.5) is 0 Å². The number of likely N-dealkylation sites (N-methyl/N-ethyl adjacent to an activating group) is 1. The van der Waals surface area contributed by atoms with Crippen LogP contribution in [0.25, 0.3) is 0 Å². The predicted octanol–water partition coefficient (Wildman–Crippen LogP) is 4.32. The Bertz CT molecular complexity index is 929. The molecule has 1 aliphatic rings. The predicted molar refractivity (Wildman–Crippen MR) is 112 cm³/mol. The Hall–Kier alpha value is -1.31. The molecule has 5 nitrogen and oxygen atoms in total. The average Bonchev–Trinajstić information content (AvgIpc) is 2.58. The van der Waals surface area contributed by atoms with Crippen molar-refractivity contribution in [2.24, 2.45) is 0 Å². The molecule has 2 aromatic carbocycles. The molecule has 0 amide bonds. The van der Waals surface area contributed by atoms with Crippen LogP contribution in [0.1, 0.15) is 29.0 Å². The van der Waals surface area contributed by atoms with Crippen molar-refractivity contribution in [2.45, 2.75) is 18.9 Å². The van der Waals surface area contributed by atoms with Gasteiger partial charge in [0.05, 0.1) is 19.5 Å². The van der Waals surface area contributed by atoms with E-state index in [9.17, 15) is 8.42 Å². The number of nitrogens with zero attached hydrogens (tertiary/aromatic N) is 1. The topological polar surface area (TPSA) is 55.8 Å². The van der Waals surface area contributed by atoms with E-state index in [4.69, 9.17) is 32.1 Å². The summed E-state index contributed by atoms with van der Waals surface area (Å²) >= 11 is 12.4. The summed E-state index contributed by atoms with van der Waals surface area (Å²) < 4.78 is 32.4. The van der Waals surface area contributed by atoms with Gasteiger partial charge in [-0.15, -0.1) is 0 Å². The lowest BCUT2D eigenvalue weighted by Gasteiger charge is -2.33. The molecular weight excluding hydrogens is 421 g/mol. The number of benzene rings is 2. The van der Waals surface area contributed by atoms with Crippen LogP contribution in [-0.2, 0) is 20.8 Å². The highest BCUT2D eigenvalue weighted by atomic mass is 35.5. The monoisotopic (exact) mass is 443 g/mol. The number of rotatable bonds is 7. The Kier molecular flexibility index (Phi) is 6.89. The zero-order valence-corrected chi connectivity index (χ0v) is 18.1. The molecule has 0 aromatic heterocycles. The van der Waals surface area contributed by atoms with Gasteiger partial charge in [0.25, 0.3) is 10.1 Å². The third kappa shape index (κ3) is 5.84. The normalized spacial score (nSPS) is 17.4. The first-order chi connectivity index (χ1) is 13.2. The second-order valence-corrected chi connectivity index (χ2v) is 9.56. The Labute approximate surface area is 176 Å². The molecule has 1 aliphatic heterocycles. The van der Waals surface area contributed by atoms with Gasteiger partial charge < -0.3 is 9.64 Å². The molecule has 0 N–H and O–H groups in total. The molecule has 0 saturated heterocycles. The van der Waals surface area contributed by atoms with Crippen molar-refractivity contribution in [2.75, 3.05) is 33.1 Å². The quantitative estimate of drug-likeness (QED) is 0.471. The Morgan fingerprint density at radius 1 is 1.11 bits per heavy atom. The van der Waals surface area contributed by atoms with Crippen LogP contribution in [0.15, 0.2) is 36.4 Å². The summed E-state index contributed by atoms with van der Waals surface area (Å²) in [6.07, 6.45) is 1.53. The summed E-state index contributed by atoms with van der Waals surface area (Å²) in [5, 5.41) is 1.27. The molecule has 0 aliphatic carbocycles. The summed E-state index contributed by atoms with van der Waals surface area (Å²) in [6.45, 7) is 2.21. The molecule has 28 heavy (non-hydrogen) atoms. The minimum Gasteiger partial charge on any atom is -0.493 e. The number of hydrogen-bond donors (Lipinski definition) is 0. The van der Waals surface area contributed by atoms with Crippen molar-refractivity contribution in [3.63, 3.8) is 0 Å². The summed E-state index contributed by atoms with van der Waals surface area (Å²) in [4.78, 5) is 2.26. The molecule has 2 aromatic rings. The lowest BCUT2D eigenvalue weighted by Crippen LogP contribution is -2.31. The van der Waals surface area contributed by atoms with E-state index in [0.717, 1.165) is 30.7 Å². The third-order valence-corrected chi connectivity index (χ3v) is 5.60. The largest absolute Gasteiger partial charge is 0.493 e. The van der Waals surface area contributed by atoms with Crippen molar-refractivity contribution in [3.8, 4) is 5.75 Å². The summed E-state index contributed by atoms with van der Waals surface area (Å²) in [5.74, 6) is 0.943. The Morgan fingerprint density at radius 3 is 2.50 bits per heavy atom. The number of halogens is 2. The third-order valence-electron chi connectivity index (χ3n) is 4.57. The van der Waals surface area contributed by atoms with Gasteiger partial charge in [0.15, 0.2) is 0 Å². The number of ether oxygens (including phenoxy) is 1. The molecule has 1 atom stereocenters. The van der Waals surface area contributed by atoms with Crippen molar-refractivity contribution in [1.82, 2.24) is 4.90 Å². The van der Waals surface area contributed by atoms with Crippen molar-refractivity contribution < 1.29 is 17.3 Å². The highest BCUT2D eigenvalue weighted by molar-refractivity contribution is 7.85. The highest BCUT2D eigenvalue weighted by Crippen LogP contribution is 2.36. The molecular formula is C20H23Cl2NO4S. The van der Waals surface area contributed by atoms with E-state index in [1.165, 1.54) is 11.1 Å². The van der Waals surface area contributed by atoms with E-state index in [1.54, 1.807) is 6.07 Å². The van der Waals surface area contributed by atoms with Crippen LogP contribution in [0.5, 0.6) is 5.75 Å². The maximum Gasteiger partial charge on any atom is 0.264 e. The standard InChI is InChI=1S/C20H23Cl2NO4S/c1-23-12-15-10-18(26-6-3-7-27-28(2,24)25)4-5-19(15)20(13-23)14-8-16(21)11-17(22)9-14/h4-5,8-11,20H,3,6-7,12-13H2,1-2H3. The molecule has 0 bridgehead atoms. The first-order valence-corrected chi connectivity index (χ1v) is 11.5. The van der Waals surface area contributed by atoms with Crippen LogP contribution in [-0.4, -0.2) is 46.4 Å². The second-order valence-electron chi connectivity index (χ2n) is 7.04. The number of hydrogen-bond acceptors (Lipinski definition) is 5.